The highest BCUT2D eigenvalue weighted by Gasteiger charge is 2.12. The Balaban J connectivity index is 3.08. The Morgan fingerprint density at radius 3 is 2.41 bits per heavy atom. The summed E-state index contributed by atoms with van der Waals surface area (Å²) in [6, 6.07) is 2.42. The fraction of sp³-hybridized carbons (Fsp3) is 0.600. The maximum atomic E-state index is 5.88. The van der Waals surface area contributed by atoms with Gasteiger partial charge >= 0.3 is 0 Å². The minimum absolute atomic E-state index is 0.204. The predicted octanol–water partition coefficient (Wildman–Crippen LogP) is 3.29. The zero-order valence-corrected chi connectivity index (χ0v) is 11.8. The van der Waals surface area contributed by atoms with Gasteiger partial charge in [-0.05, 0) is 62.8 Å². The van der Waals surface area contributed by atoms with E-state index in [2.05, 4.69) is 33.8 Å². The van der Waals surface area contributed by atoms with Crippen LogP contribution in [-0.2, 0) is 6.42 Å². The van der Waals surface area contributed by atoms with E-state index in [1.807, 2.05) is 6.92 Å². The van der Waals surface area contributed by atoms with Crippen molar-refractivity contribution in [2.75, 3.05) is 6.61 Å². The van der Waals surface area contributed by atoms with Crippen LogP contribution in [-0.4, -0.2) is 12.6 Å². The summed E-state index contributed by atoms with van der Waals surface area (Å²) in [7, 11) is 0. The molecule has 0 spiro atoms. The topological polar surface area (TPSA) is 35.2 Å². The molecule has 1 rings (SSSR count). The van der Waals surface area contributed by atoms with Crippen LogP contribution in [0.3, 0.4) is 0 Å². The Bertz CT molecular complexity index is 383. The minimum atomic E-state index is 0.204. The van der Waals surface area contributed by atoms with Crippen molar-refractivity contribution in [1.29, 1.82) is 0 Å². The second-order valence-electron chi connectivity index (χ2n) is 4.96. The molecule has 0 aliphatic heterocycles. The van der Waals surface area contributed by atoms with Gasteiger partial charge in [0, 0.05) is 6.04 Å². The molecule has 1 aromatic carbocycles. The van der Waals surface area contributed by atoms with Gasteiger partial charge in [-0.15, -0.1) is 0 Å². The van der Waals surface area contributed by atoms with E-state index < -0.39 is 0 Å². The van der Waals surface area contributed by atoms with Crippen molar-refractivity contribution in [3.63, 3.8) is 0 Å². The van der Waals surface area contributed by atoms with Gasteiger partial charge in [0.2, 0.25) is 0 Å². The maximum absolute atomic E-state index is 5.88. The zero-order valence-electron chi connectivity index (χ0n) is 11.8. The first-order valence-electron chi connectivity index (χ1n) is 6.45. The summed E-state index contributed by atoms with van der Waals surface area (Å²) in [6.45, 7) is 11.4. The van der Waals surface area contributed by atoms with Crippen molar-refractivity contribution in [1.82, 2.24) is 0 Å². The molecule has 2 N–H and O–H groups in total. The zero-order chi connectivity index (χ0) is 13.0. The van der Waals surface area contributed by atoms with E-state index in [1.54, 1.807) is 0 Å². The number of ether oxygens (including phenoxy) is 1. The summed E-state index contributed by atoms with van der Waals surface area (Å²) < 4.78 is 5.83. The smallest absolute Gasteiger partial charge is 0.125 e. The number of benzene rings is 1. The summed E-state index contributed by atoms with van der Waals surface area (Å²) >= 11 is 0. The number of hydrogen-bond acceptors (Lipinski definition) is 2. The number of rotatable bonds is 5. The molecule has 0 fully saturated rings. The van der Waals surface area contributed by atoms with E-state index >= 15 is 0 Å². The lowest BCUT2D eigenvalue weighted by molar-refractivity contribution is 0.313. The molecule has 17 heavy (non-hydrogen) atoms. The molecule has 2 nitrogen and oxygen atoms in total. The first-order valence-corrected chi connectivity index (χ1v) is 6.45. The number of nitrogens with two attached hydrogens (primary N) is 1. The van der Waals surface area contributed by atoms with Crippen LogP contribution in [0, 0.1) is 20.8 Å². The Kier molecular flexibility index (Phi) is 5.01. The van der Waals surface area contributed by atoms with Crippen molar-refractivity contribution in [2.45, 2.75) is 53.5 Å². The standard InChI is InChI=1S/C15H25NO/c1-6-7-17-15-10(2)8-14(9-11(3)16)12(4)13(15)5/h8,11H,6-7,9,16H2,1-5H3. The lowest BCUT2D eigenvalue weighted by Gasteiger charge is -2.18. The third-order valence-electron chi connectivity index (χ3n) is 3.13. The molecule has 0 aliphatic rings. The highest BCUT2D eigenvalue weighted by Crippen LogP contribution is 2.29. The van der Waals surface area contributed by atoms with E-state index in [4.69, 9.17) is 10.5 Å². The Morgan fingerprint density at radius 1 is 1.24 bits per heavy atom. The molecule has 0 heterocycles. The van der Waals surface area contributed by atoms with Gasteiger partial charge in [0.15, 0.2) is 0 Å². The number of hydrogen-bond donors (Lipinski definition) is 1. The van der Waals surface area contributed by atoms with Crippen LogP contribution in [0.15, 0.2) is 6.07 Å². The van der Waals surface area contributed by atoms with Crippen LogP contribution in [0.4, 0.5) is 0 Å². The van der Waals surface area contributed by atoms with Gasteiger partial charge in [-0.3, -0.25) is 0 Å². The van der Waals surface area contributed by atoms with E-state index in [9.17, 15) is 0 Å². The van der Waals surface area contributed by atoms with Gasteiger partial charge in [-0.1, -0.05) is 13.0 Å². The fourth-order valence-corrected chi connectivity index (χ4v) is 2.13. The third kappa shape index (κ3) is 3.47. The Morgan fingerprint density at radius 2 is 1.88 bits per heavy atom. The lowest BCUT2D eigenvalue weighted by Crippen LogP contribution is -2.19. The molecule has 0 saturated heterocycles. The van der Waals surface area contributed by atoms with Crippen LogP contribution in [0.5, 0.6) is 5.75 Å². The molecule has 0 aromatic heterocycles. The predicted molar refractivity (Wildman–Crippen MR) is 73.8 cm³/mol. The summed E-state index contributed by atoms with van der Waals surface area (Å²) in [5.41, 5.74) is 11.0. The average Bonchev–Trinajstić information content (AvgIpc) is 2.25. The van der Waals surface area contributed by atoms with Gasteiger partial charge in [-0.2, -0.15) is 0 Å². The van der Waals surface area contributed by atoms with Crippen molar-refractivity contribution in [3.8, 4) is 5.75 Å². The van der Waals surface area contributed by atoms with Crippen LogP contribution < -0.4 is 10.5 Å². The van der Waals surface area contributed by atoms with Crippen molar-refractivity contribution < 1.29 is 4.74 Å². The SMILES string of the molecule is CCCOc1c(C)cc(CC(C)N)c(C)c1C. The third-order valence-corrected chi connectivity index (χ3v) is 3.13. The van der Waals surface area contributed by atoms with Crippen molar-refractivity contribution >= 4 is 0 Å². The van der Waals surface area contributed by atoms with E-state index in [0.717, 1.165) is 25.2 Å². The molecule has 2 heteroatoms. The molecule has 0 radical (unpaired) electrons. The molecule has 1 aromatic rings. The van der Waals surface area contributed by atoms with Gasteiger partial charge in [0.05, 0.1) is 6.61 Å². The highest BCUT2D eigenvalue weighted by atomic mass is 16.5. The maximum Gasteiger partial charge on any atom is 0.125 e. The van der Waals surface area contributed by atoms with E-state index in [-0.39, 0.29) is 6.04 Å². The Hall–Kier alpha value is -1.02. The van der Waals surface area contributed by atoms with E-state index in [0.29, 0.717) is 0 Å². The van der Waals surface area contributed by atoms with Crippen LogP contribution in [0.25, 0.3) is 0 Å². The molecule has 0 saturated carbocycles. The summed E-state index contributed by atoms with van der Waals surface area (Å²) in [5, 5.41) is 0. The van der Waals surface area contributed by atoms with Gasteiger partial charge in [-0.25, -0.2) is 0 Å². The summed E-state index contributed by atoms with van der Waals surface area (Å²) in [6.07, 6.45) is 1.97. The van der Waals surface area contributed by atoms with Crippen molar-refractivity contribution in [3.05, 3.63) is 28.3 Å². The van der Waals surface area contributed by atoms with Crippen molar-refractivity contribution in [2.24, 2.45) is 5.73 Å². The molecular weight excluding hydrogens is 210 g/mol. The Labute approximate surface area is 105 Å². The average molecular weight is 235 g/mol. The highest BCUT2D eigenvalue weighted by molar-refractivity contribution is 5.49. The molecular formula is C15H25NO. The monoisotopic (exact) mass is 235 g/mol. The minimum Gasteiger partial charge on any atom is -0.493 e. The summed E-state index contributed by atoms with van der Waals surface area (Å²) in [5.74, 6) is 1.05. The molecule has 96 valence electrons. The first-order chi connectivity index (χ1) is 7.97. The van der Waals surface area contributed by atoms with Crippen LogP contribution >= 0.6 is 0 Å². The quantitative estimate of drug-likeness (QED) is 0.850. The van der Waals surface area contributed by atoms with Gasteiger partial charge in [0.1, 0.15) is 5.75 Å². The molecule has 1 unspecified atom stereocenters. The largest absolute Gasteiger partial charge is 0.493 e. The van der Waals surface area contributed by atoms with Gasteiger partial charge < -0.3 is 10.5 Å². The normalized spacial score (nSPS) is 12.6. The summed E-state index contributed by atoms with van der Waals surface area (Å²) in [4.78, 5) is 0. The second kappa shape index (κ2) is 6.06. The molecule has 0 amide bonds. The molecule has 0 bridgehead atoms. The van der Waals surface area contributed by atoms with E-state index in [1.165, 1.54) is 22.3 Å². The molecule has 1 atom stereocenters. The van der Waals surface area contributed by atoms with Crippen LogP contribution in [0.1, 0.15) is 42.5 Å². The number of aryl methyl sites for hydroxylation is 1. The van der Waals surface area contributed by atoms with Crippen LogP contribution in [0.2, 0.25) is 0 Å². The first kappa shape index (κ1) is 14.0. The second-order valence-corrected chi connectivity index (χ2v) is 4.96. The lowest BCUT2D eigenvalue weighted by atomic mass is 9.95. The molecule has 0 aliphatic carbocycles. The van der Waals surface area contributed by atoms with Gasteiger partial charge in [0.25, 0.3) is 0 Å². The fourth-order valence-electron chi connectivity index (χ4n) is 2.13.